The van der Waals surface area contributed by atoms with Gasteiger partial charge in [-0.05, 0) is 45.1 Å². The molecule has 0 spiro atoms. The summed E-state index contributed by atoms with van der Waals surface area (Å²) in [5, 5.41) is 9.89. The third-order valence-electron chi connectivity index (χ3n) is 4.74. The predicted molar refractivity (Wildman–Crippen MR) is 69.0 cm³/mol. The number of rotatable bonds is 3. The van der Waals surface area contributed by atoms with Crippen molar-refractivity contribution in [2.45, 2.75) is 63.6 Å². The van der Waals surface area contributed by atoms with E-state index in [2.05, 4.69) is 18.9 Å². The molecule has 17 heavy (non-hydrogen) atoms. The van der Waals surface area contributed by atoms with Crippen molar-refractivity contribution in [2.75, 3.05) is 20.3 Å². The molecule has 0 bridgehead atoms. The van der Waals surface area contributed by atoms with E-state index >= 15 is 0 Å². The fourth-order valence-corrected chi connectivity index (χ4v) is 3.53. The first-order chi connectivity index (χ1) is 8.22. The van der Waals surface area contributed by atoms with E-state index in [1.165, 1.54) is 12.8 Å². The van der Waals surface area contributed by atoms with Crippen molar-refractivity contribution in [3.63, 3.8) is 0 Å². The van der Waals surface area contributed by atoms with Gasteiger partial charge in [-0.3, -0.25) is 4.90 Å². The average Bonchev–Trinajstić information content (AvgIpc) is 2.39. The van der Waals surface area contributed by atoms with Crippen LogP contribution in [0.2, 0.25) is 0 Å². The Balaban J connectivity index is 1.96. The summed E-state index contributed by atoms with van der Waals surface area (Å²) in [7, 11) is 2.25. The quantitative estimate of drug-likeness (QED) is 0.820. The molecule has 3 nitrogen and oxygen atoms in total. The van der Waals surface area contributed by atoms with E-state index in [1.807, 2.05) is 0 Å². The smallest absolute Gasteiger partial charge is 0.0555 e. The lowest BCUT2D eigenvalue weighted by molar-refractivity contribution is -0.0164. The van der Waals surface area contributed by atoms with Crippen molar-refractivity contribution in [1.29, 1.82) is 0 Å². The third-order valence-corrected chi connectivity index (χ3v) is 4.74. The molecule has 0 radical (unpaired) electrons. The van der Waals surface area contributed by atoms with Crippen LogP contribution >= 0.6 is 0 Å². The van der Waals surface area contributed by atoms with Gasteiger partial charge in [0.1, 0.15) is 0 Å². The standard InChI is InChI=1S/C14H27NO2/c1-3-11-4-5-13(16)10-14(11)15(2)12-6-8-17-9-7-12/h11-14,16H,3-10H2,1-2H3. The van der Waals surface area contributed by atoms with Crippen LogP contribution in [0.25, 0.3) is 0 Å². The predicted octanol–water partition coefficient (Wildman–Crippen LogP) is 2.04. The van der Waals surface area contributed by atoms with Crippen LogP contribution in [0.5, 0.6) is 0 Å². The van der Waals surface area contributed by atoms with Crippen LogP contribution in [0.15, 0.2) is 0 Å². The Morgan fingerprint density at radius 1 is 1.18 bits per heavy atom. The first-order valence-electron chi connectivity index (χ1n) is 7.20. The van der Waals surface area contributed by atoms with Crippen molar-refractivity contribution < 1.29 is 9.84 Å². The van der Waals surface area contributed by atoms with Crippen LogP contribution in [0, 0.1) is 5.92 Å². The second-order valence-corrected chi connectivity index (χ2v) is 5.71. The number of aliphatic hydroxyl groups is 1. The molecule has 0 amide bonds. The van der Waals surface area contributed by atoms with Gasteiger partial charge in [0.2, 0.25) is 0 Å². The normalized spacial score (nSPS) is 36.4. The fraction of sp³-hybridized carbons (Fsp3) is 1.00. The molecule has 2 fully saturated rings. The van der Waals surface area contributed by atoms with Gasteiger partial charge in [-0.15, -0.1) is 0 Å². The summed E-state index contributed by atoms with van der Waals surface area (Å²) >= 11 is 0. The summed E-state index contributed by atoms with van der Waals surface area (Å²) in [6, 6.07) is 1.24. The van der Waals surface area contributed by atoms with Crippen molar-refractivity contribution >= 4 is 0 Å². The highest BCUT2D eigenvalue weighted by molar-refractivity contribution is 4.88. The highest BCUT2D eigenvalue weighted by Gasteiger charge is 2.34. The molecule has 2 aliphatic rings. The van der Waals surface area contributed by atoms with E-state index in [9.17, 15) is 5.11 Å². The number of hydrogen-bond acceptors (Lipinski definition) is 3. The van der Waals surface area contributed by atoms with E-state index in [0.29, 0.717) is 12.1 Å². The zero-order valence-electron chi connectivity index (χ0n) is 11.3. The molecule has 1 saturated heterocycles. The van der Waals surface area contributed by atoms with Crippen LogP contribution in [0.3, 0.4) is 0 Å². The molecule has 2 rings (SSSR count). The van der Waals surface area contributed by atoms with Gasteiger partial charge < -0.3 is 9.84 Å². The molecule has 0 aromatic heterocycles. The Morgan fingerprint density at radius 3 is 2.53 bits per heavy atom. The summed E-state index contributed by atoms with van der Waals surface area (Å²) in [5.74, 6) is 0.770. The number of hydrogen-bond donors (Lipinski definition) is 1. The monoisotopic (exact) mass is 241 g/mol. The lowest BCUT2D eigenvalue weighted by Crippen LogP contribution is -2.49. The van der Waals surface area contributed by atoms with Gasteiger partial charge in [-0.1, -0.05) is 13.3 Å². The molecule has 1 N–H and O–H groups in total. The molecule has 1 aliphatic heterocycles. The number of nitrogens with zero attached hydrogens (tertiary/aromatic N) is 1. The Labute approximate surface area is 105 Å². The molecule has 0 aromatic rings. The van der Waals surface area contributed by atoms with Gasteiger partial charge in [0.05, 0.1) is 6.10 Å². The van der Waals surface area contributed by atoms with Gasteiger partial charge in [-0.2, -0.15) is 0 Å². The summed E-state index contributed by atoms with van der Waals surface area (Å²) in [5.41, 5.74) is 0. The highest BCUT2D eigenvalue weighted by atomic mass is 16.5. The summed E-state index contributed by atoms with van der Waals surface area (Å²) in [6.07, 6.45) is 6.62. The second kappa shape index (κ2) is 6.17. The molecule has 1 heterocycles. The maximum absolute atomic E-state index is 9.89. The number of aliphatic hydroxyl groups excluding tert-OH is 1. The van der Waals surface area contributed by atoms with E-state index in [0.717, 1.165) is 44.8 Å². The maximum atomic E-state index is 9.89. The number of ether oxygens (including phenoxy) is 1. The van der Waals surface area contributed by atoms with Crippen molar-refractivity contribution in [2.24, 2.45) is 5.92 Å². The SMILES string of the molecule is CCC1CCC(O)CC1N(C)C1CCOCC1. The van der Waals surface area contributed by atoms with E-state index < -0.39 is 0 Å². The van der Waals surface area contributed by atoms with E-state index in [1.54, 1.807) is 0 Å². The molecule has 3 unspecified atom stereocenters. The van der Waals surface area contributed by atoms with Gasteiger partial charge in [0.15, 0.2) is 0 Å². The second-order valence-electron chi connectivity index (χ2n) is 5.71. The first kappa shape index (κ1) is 13.3. The maximum Gasteiger partial charge on any atom is 0.0555 e. The minimum absolute atomic E-state index is 0.0786. The van der Waals surface area contributed by atoms with Gasteiger partial charge in [0.25, 0.3) is 0 Å². The molecular formula is C14H27NO2. The Hall–Kier alpha value is -0.120. The first-order valence-corrected chi connectivity index (χ1v) is 7.20. The molecule has 1 aliphatic carbocycles. The average molecular weight is 241 g/mol. The molecule has 1 saturated carbocycles. The van der Waals surface area contributed by atoms with E-state index in [4.69, 9.17) is 4.74 Å². The lowest BCUT2D eigenvalue weighted by atomic mass is 9.80. The lowest BCUT2D eigenvalue weighted by Gasteiger charge is -2.44. The Kier molecular flexibility index (Phi) is 4.83. The minimum atomic E-state index is -0.0786. The highest BCUT2D eigenvalue weighted by Crippen LogP contribution is 2.32. The van der Waals surface area contributed by atoms with Gasteiger partial charge in [-0.25, -0.2) is 0 Å². The van der Waals surface area contributed by atoms with Crippen molar-refractivity contribution in [3.05, 3.63) is 0 Å². The molecule has 0 aromatic carbocycles. The zero-order chi connectivity index (χ0) is 12.3. The van der Waals surface area contributed by atoms with Crippen LogP contribution in [-0.4, -0.2) is 48.5 Å². The van der Waals surface area contributed by atoms with Gasteiger partial charge in [0, 0.05) is 25.3 Å². The van der Waals surface area contributed by atoms with Crippen LogP contribution in [0.1, 0.15) is 45.4 Å². The zero-order valence-corrected chi connectivity index (χ0v) is 11.3. The molecule has 100 valence electrons. The Morgan fingerprint density at radius 2 is 1.88 bits per heavy atom. The summed E-state index contributed by atoms with van der Waals surface area (Å²) in [6.45, 7) is 4.09. The van der Waals surface area contributed by atoms with Gasteiger partial charge >= 0.3 is 0 Å². The Bertz CT molecular complexity index is 228. The molecule has 3 heteroatoms. The molecular weight excluding hydrogens is 214 g/mol. The van der Waals surface area contributed by atoms with Crippen LogP contribution in [-0.2, 0) is 4.74 Å². The third kappa shape index (κ3) is 3.21. The largest absolute Gasteiger partial charge is 0.393 e. The van der Waals surface area contributed by atoms with Crippen molar-refractivity contribution in [3.8, 4) is 0 Å². The van der Waals surface area contributed by atoms with E-state index in [-0.39, 0.29) is 6.10 Å². The summed E-state index contributed by atoms with van der Waals surface area (Å²) < 4.78 is 5.44. The topological polar surface area (TPSA) is 32.7 Å². The van der Waals surface area contributed by atoms with Crippen molar-refractivity contribution in [1.82, 2.24) is 4.90 Å². The summed E-state index contributed by atoms with van der Waals surface area (Å²) in [4.78, 5) is 2.54. The van der Waals surface area contributed by atoms with Crippen LogP contribution in [0.4, 0.5) is 0 Å². The minimum Gasteiger partial charge on any atom is -0.393 e. The fourth-order valence-electron chi connectivity index (χ4n) is 3.53. The molecule has 3 atom stereocenters. The van der Waals surface area contributed by atoms with Crippen LogP contribution < -0.4 is 0 Å².